The van der Waals surface area contributed by atoms with E-state index in [1.807, 2.05) is 68.4 Å². The minimum Gasteiger partial charge on any atom is -0.470 e. The Morgan fingerprint density at radius 1 is 0.857 bits per heavy atom. The van der Waals surface area contributed by atoms with Gasteiger partial charge in [0.15, 0.2) is 0 Å². The Morgan fingerprint density at radius 3 is 2.08 bits per heavy atom. The van der Waals surface area contributed by atoms with Crippen molar-refractivity contribution >= 4 is 32.2 Å². The Balaban J connectivity index is 0.00000292. The monoisotopic (exact) mass is 700 g/mol. The molecule has 0 saturated carbocycles. The van der Waals surface area contributed by atoms with Gasteiger partial charge in [-0.25, -0.2) is 18.1 Å². The predicted octanol–water partition coefficient (Wildman–Crippen LogP) is 8.20. The third-order valence-corrected chi connectivity index (χ3v) is 13.7. The number of aromatic nitrogens is 2. The predicted molar refractivity (Wildman–Crippen MR) is 198 cm³/mol. The van der Waals surface area contributed by atoms with Crippen molar-refractivity contribution in [1.29, 1.82) is 0 Å². The quantitative estimate of drug-likeness (QED) is 0.183. The van der Waals surface area contributed by atoms with Crippen LogP contribution in [0.4, 0.5) is 5.95 Å². The molecule has 4 bridgehead atoms. The van der Waals surface area contributed by atoms with E-state index in [4.69, 9.17) is 8.92 Å². The van der Waals surface area contributed by atoms with E-state index in [9.17, 15) is 13.2 Å². The molecule has 0 aliphatic carbocycles. The first-order chi connectivity index (χ1) is 23.4. The molecule has 4 aromatic carbocycles. The van der Waals surface area contributed by atoms with Crippen molar-refractivity contribution in [3.8, 4) is 17.1 Å². The molecule has 1 aliphatic rings. The zero-order valence-electron chi connectivity index (χ0n) is 28.1. The lowest BCUT2D eigenvalue weighted by atomic mass is 10.00. The van der Waals surface area contributed by atoms with Crippen LogP contribution in [0.5, 0.6) is 5.88 Å². The van der Waals surface area contributed by atoms with E-state index >= 15 is 0 Å². The molecule has 258 valence electrons. The zero-order valence-corrected chi connectivity index (χ0v) is 29.8. The molecule has 2 N–H and O–H groups in total. The van der Waals surface area contributed by atoms with Gasteiger partial charge < -0.3 is 14.2 Å². The zero-order chi connectivity index (χ0) is 34.8. The van der Waals surface area contributed by atoms with Crippen molar-refractivity contribution in [3.63, 3.8) is 0 Å². The molecule has 1 aliphatic heterocycles. The molecule has 0 radical (unpaired) electrons. The minimum atomic E-state index is -4.15. The molecule has 6 rings (SSSR count). The van der Waals surface area contributed by atoms with Crippen molar-refractivity contribution in [2.24, 2.45) is 0 Å². The van der Waals surface area contributed by atoms with Crippen LogP contribution < -0.4 is 14.8 Å². The summed E-state index contributed by atoms with van der Waals surface area (Å²) in [5.74, 6) is -0.462. The van der Waals surface area contributed by atoms with Gasteiger partial charge in [0.05, 0.1) is 23.7 Å². The summed E-state index contributed by atoms with van der Waals surface area (Å²) in [7, 11) is -6.30. The minimum absolute atomic E-state index is 0. The standard InChI is InChI=1S/C38H40N4O5S2.2H2/c1-26-14-12-15-27(2)35(26)33-23-34-41-37(40-33)42-49(44,45)32-21-13-16-28(22-32)36(43)39-24-29(47-34)25-46-48(38(3,4)5,30-17-8-6-9-18-30)31-19-10-7-11-20-31;;/h6-23,29H,24-25H2,1-5H3,(H,39,43)(H,40,41,42);2*1H/t29-;;/m1../s1. The number of benzene rings is 4. The summed E-state index contributed by atoms with van der Waals surface area (Å²) in [4.78, 5) is 24.5. The highest BCUT2D eigenvalue weighted by Gasteiger charge is 2.42. The molecular weight excluding hydrogens is 657 g/mol. The number of rotatable bonds is 6. The number of hydrogen-bond donors (Lipinski definition) is 2. The third kappa shape index (κ3) is 7.05. The molecule has 1 atom stereocenters. The molecule has 49 heavy (non-hydrogen) atoms. The molecule has 1 amide bonds. The van der Waals surface area contributed by atoms with Gasteiger partial charge in [0.2, 0.25) is 11.8 Å². The summed E-state index contributed by atoms with van der Waals surface area (Å²) < 4.78 is 42.9. The van der Waals surface area contributed by atoms with Gasteiger partial charge in [-0.05, 0) is 88.2 Å². The first-order valence-corrected chi connectivity index (χ1v) is 19.0. The highest BCUT2D eigenvalue weighted by molar-refractivity contribution is 8.31. The lowest BCUT2D eigenvalue weighted by Crippen LogP contribution is -2.40. The summed E-state index contributed by atoms with van der Waals surface area (Å²) >= 11 is 0. The normalized spacial score (nSPS) is 16.5. The fraction of sp³-hybridized carbons (Fsp3) is 0.237. The second-order valence-electron chi connectivity index (χ2n) is 12.8. The maximum absolute atomic E-state index is 13.5. The molecule has 5 aromatic rings. The maximum atomic E-state index is 13.5. The average Bonchev–Trinajstić information content (AvgIpc) is 3.07. The number of hydrogen-bond acceptors (Lipinski definition) is 7. The summed E-state index contributed by atoms with van der Waals surface area (Å²) in [6, 6.07) is 33.8. The van der Waals surface area contributed by atoms with Crippen LogP contribution in [-0.2, 0) is 14.2 Å². The number of fused-ring (bicyclic) bond motifs is 4. The Bertz CT molecular complexity index is 2040. The molecule has 1 aromatic heterocycles. The number of aryl methyl sites for hydroxylation is 2. The third-order valence-electron chi connectivity index (χ3n) is 8.29. The first-order valence-electron chi connectivity index (χ1n) is 16.0. The number of ether oxygens (including phenoxy) is 1. The van der Waals surface area contributed by atoms with Gasteiger partial charge >= 0.3 is 0 Å². The first kappa shape index (κ1) is 34.2. The number of carbonyl (C=O) groups excluding carboxylic acids is 1. The van der Waals surface area contributed by atoms with E-state index < -0.39 is 32.3 Å². The van der Waals surface area contributed by atoms with E-state index in [0.717, 1.165) is 26.5 Å². The fourth-order valence-electron chi connectivity index (χ4n) is 6.03. The molecular formula is C38H44N4O5S2. The Kier molecular flexibility index (Phi) is 9.52. The fourth-order valence-corrected chi connectivity index (χ4v) is 10.8. The van der Waals surface area contributed by atoms with Crippen molar-refractivity contribution in [1.82, 2.24) is 15.3 Å². The van der Waals surface area contributed by atoms with Gasteiger partial charge in [-0.15, -0.1) is 0 Å². The molecule has 0 fully saturated rings. The number of amides is 1. The molecule has 11 heteroatoms. The van der Waals surface area contributed by atoms with E-state index in [1.165, 1.54) is 18.2 Å². The summed E-state index contributed by atoms with van der Waals surface area (Å²) in [6.45, 7) is 10.6. The van der Waals surface area contributed by atoms with Crippen LogP contribution >= 0.6 is 10.3 Å². The molecule has 0 spiro atoms. The van der Waals surface area contributed by atoms with Gasteiger partial charge in [0, 0.05) is 34.6 Å². The molecule has 0 saturated heterocycles. The largest absolute Gasteiger partial charge is 0.470 e. The van der Waals surface area contributed by atoms with Gasteiger partial charge in [-0.3, -0.25) is 4.79 Å². The SMILES string of the molecule is Cc1cccc(C)c1-c1cc2nc(n1)NS(=O)(=O)c1cccc(c1)C(=O)NC[C@H](COS(c1ccccc1)(c1ccccc1)C(C)(C)C)O2.[HH].[HH]. The van der Waals surface area contributed by atoms with Crippen LogP contribution in [-0.4, -0.2) is 48.3 Å². The molecule has 2 heterocycles. The Labute approximate surface area is 292 Å². The van der Waals surface area contributed by atoms with E-state index in [-0.39, 0.29) is 43.0 Å². The summed E-state index contributed by atoms with van der Waals surface area (Å²) in [6.07, 6.45) is -0.722. The topological polar surface area (TPSA) is 120 Å². The highest BCUT2D eigenvalue weighted by Crippen LogP contribution is 2.71. The lowest BCUT2D eigenvalue weighted by Gasteiger charge is -2.50. The van der Waals surface area contributed by atoms with Crippen molar-refractivity contribution in [2.75, 3.05) is 17.9 Å². The van der Waals surface area contributed by atoms with Gasteiger partial charge in [0.1, 0.15) is 6.10 Å². The van der Waals surface area contributed by atoms with Crippen LogP contribution in [0.3, 0.4) is 0 Å². The van der Waals surface area contributed by atoms with E-state index in [0.29, 0.717) is 5.69 Å². The highest BCUT2D eigenvalue weighted by atomic mass is 32.3. The van der Waals surface area contributed by atoms with Crippen LogP contribution in [0.2, 0.25) is 0 Å². The van der Waals surface area contributed by atoms with Crippen molar-refractivity contribution in [3.05, 3.63) is 126 Å². The second kappa shape index (κ2) is 13.7. The lowest BCUT2D eigenvalue weighted by molar-refractivity contribution is 0.0891. The summed E-state index contributed by atoms with van der Waals surface area (Å²) in [5.41, 5.74) is 3.44. The van der Waals surface area contributed by atoms with E-state index in [1.54, 1.807) is 12.1 Å². The number of nitrogens with one attached hydrogen (secondary N) is 2. The van der Waals surface area contributed by atoms with Crippen LogP contribution in [0.25, 0.3) is 11.3 Å². The maximum Gasteiger partial charge on any atom is 0.264 e. The molecule has 0 unspecified atom stereocenters. The van der Waals surface area contributed by atoms with Gasteiger partial charge in [-0.1, -0.05) is 71.0 Å². The average molecular weight is 701 g/mol. The van der Waals surface area contributed by atoms with Crippen LogP contribution in [0.1, 0.15) is 45.1 Å². The van der Waals surface area contributed by atoms with Crippen molar-refractivity contribution < 1.29 is 25.0 Å². The number of nitrogens with zero attached hydrogens (tertiary/aromatic N) is 2. The van der Waals surface area contributed by atoms with Crippen LogP contribution in [0.15, 0.2) is 124 Å². The number of anilines is 1. The van der Waals surface area contributed by atoms with Gasteiger partial charge in [-0.2, -0.15) is 4.98 Å². The Morgan fingerprint density at radius 2 is 1.47 bits per heavy atom. The van der Waals surface area contributed by atoms with Gasteiger partial charge in [0.25, 0.3) is 15.9 Å². The number of carbonyl (C=O) groups is 1. The Hall–Kier alpha value is -4.71. The smallest absolute Gasteiger partial charge is 0.264 e. The number of sulfonamides is 1. The van der Waals surface area contributed by atoms with Crippen molar-refractivity contribution in [2.45, 2.75) is 60.2 Å². The summed E-state index contributed by atoms with van der Waals surface area (Å²) in [5, 5.41) is 2.94. The van der Waals surface area contributed by atoms with E-state index in [2.05, 4.69) is 65.0 Å². The van der Waals surface area contributed by atoms with Crippen LogP contribution in [0, 0.1) is 13.8 Å². The second-order valence-corrected chi connectivity index (χ2v) is 18.0. The molecule has 9 nitrogen and oxygen atoms in total.